The predicted octanol–water partition coefficient (Wildman–Crippen LogP) is 1.29. The van der Waals surface area contributed by atoms with Crippen molar-refractivity contribution in [3.05, 3.63) is 12.7 Å². The van der Waals surface area contributed by atoms with Gasteiger partial charge in [0.25, 0.3) is 5.91 Å². The summed E-state index contributed by atoms with van der Waals surface area (Å²) >= 11 is 5.01. The number of thiocarbonyl (C=S) groups is 1. The van der Waals surface area contributed by atoms with E-state index in [1.54, 1.807) is 0 Å². The number of hydrazine groups is 1. The molecular formula is C9H15N3OS. The van der Waals surface area contributed by atoms with Gasteiger partial charge in [-0.3, -0.25) is 15.2 Å². The minimum absolute atomic E-state index is 0.293. The van der Waals surface area contributed by atoms with Gasteiger partial charge in [0.05, 0.1) is 0 Å². The van der Waals surface area contributed by atoms with Gasteiger partial charge in [-0.15, -0.1) is 0 Å². The summed E-state index contributed by atoms with van der Waals surface area (Å²) in [5.41, 5.74) is 3.40. The molecule has 0 saturated carbocycles. The van der Waals surface area contributed by atoms with Crippen LogP contribution in [0.3, 0.4) is 0 Å². The lowest BCUT2D eigenvalue weighted by Crippen LogP contribution is -2.44. The van der Waals surface area contributed by atoms with Crippen molar-refractivity contribution < 1.29 is 4.79 Å². The Balaban J connectivity index is 4.41. The van der Waals surface area contributed by atoms with E-state index in [1.165, 1.54) is 11.1 Å². The second kappa shape index (κ2) is 6.26. The molecule has 1 N–H and O–H groups in total. The third kappa shape index (κ3) is 4.71. The van der Waals surface area contributed by atoms with Crippen molar-refractivity contribution in [2.24, 2.45) is 4.99 Å². The van der Waals surface area contributed by atoms with Crippen molar-refractivity contribution in [3.63, 3.8) is 0 Å². The zero-order chi connectivity index (χ0) is 11.1. The van der Waals surface area contributed by atoms with Crippen LogP contribution in [-0.4, -0.2) is 28.3 Å². The summed E-state index contributed by atoms with van der Waals surface area (Å²) in [6, 6.07) is 0. The molecule has 0 heterocycles. The molecule has 0 bridgehead atoms. The molecule has 0 aliphatic heterocycles. The molecular weight excluding hydrogens is 198 g/mol. The van der Waals surface area contributed by atoms with Gasteiger partial charge in [-0.2, -0.15) is 0 Å². The summed E-state index contributed by atoms with van der Waals surface area (Å²) in [5, 5.41) is 1.84. The molecule has 0 fully saturated rings. The highest BCUT2D eigenvalue weighted by atomic mass is 32.1. The number of hydrogen-bond donors (Lipinski definition) is 1. The predicted molar refractivity (Wildman–Crippen MR) is 62.1 cm³/mol. The van der Waals surface area contributed by atoms with Gasteiger partial charge < -0.3 is 0 Å². The first-order valence-electron chi connectivity index (χ1n) is 4.27. The normalized spacial score (nSPS) is 8.79. The Labute approximate surface area is 89.7 Å². The molecule has 14 heavy (non-hydrogen) atoms. The Morgan fingerprint density at radius 3 is 2.57 bits per heavy atom. The highest BCUT2D eigenvalue weighted by Crippen LogP contribution is 1.91. The number of amides is 1. The topological polar surface area (TPSA) is 44.7 Å². The van der Waals surface area contributed by atoms with Crippen LogP contribution in [0, 0.1) is 0 Å². The minimum Gasteiger partial charge on any atom is -0.268 e. The van der Waals surface area contributed by atoms with Crippen LogP contribution in [0.25, 0.3) is 0 Å². The van der Waals surface area contributed by atoms with Crippen LogP contribution in [-0.2, 0) is 4.79 Å². The number of carbonyl (C=O) groups excluding carboxylic acids is 1. The molecule has 0 aromatic heterocycles. The van der Waals surface area contributed by atoms with Gasteiger partial charge >= 0.3 is 0 Å². The smallest absolute Gasteiger partial charge is 0.261 e. The fourth-order valence-electron chi connectivity index (χ4n) is 0.692. The van der Waals surface area contributed by atoms with E-state index in [0.29, 0.717) is 11.7 Å². The molecule has 0 aliphatic carbocycles. The van der Waals surface area contributed by atoms with Crippen molar-refractivity contribution in [2.75, 3.05) is 6.54 Å². The zero-order valence-corrected chi connectivity index (χ0v) is 9.52. The van der Waals surface area contributed by atoms with Crippen LogP contribution in [0.1, 0.15) is 20.8 Å². The number of nitrogens with one attached hydrogen (secondary N) is 1. The standard InChI is InChI=1S/C9H15N3OS/c1-5-8(13)11-12(6-2)9(14)10-7(3)4/h5H,1,6H2,2-4H3,(H,11,13). The first-order chi connectivity index (χ1) is 6.51. The quantitative estimate of drug-likeness (QED) is 0.325. The largest absolute Gasteiger partial charge is 0.268 e. The second-order valence-electron chi connectivity index (χ2n) is 2.77. The summed E-state index contributed by atoms with van der Waals surface area (Å²) in [6.45, 7) is 9.47. The van der Waals surface area contributed by atoms with Crippen molar-refractivity contribution in [2.45, 2.75) is 20.8 Å². The number of carbonyl (C=O) groups is 1. The molecule has 0 unspecified atom stereocenters. The zero-order valence-electron chi connectivity index (χ0n) is 8.70. The van der Waals surface area contributed by atoms with Crippen LogP contribution in [0.5, 0.6) is 0 Å². The van der Waals surface area contributed by atoms with E-state index < -0.39 is 0 Å². The van der Waals surface area contributed by atoms with E-state index in [9.17, 15) is 4.79 Å². The van der Waals surface area contributed by atoms with E-state index in [2.05, 4.69) is 17.0 Å². The molecule has 0 aliphatic rings. The highest BCUT2D eigenvalue weighted by molar-refractivity contribution is 7.80. The maximum atomic E-state index is 11.0. The van der Waals surface area contributed by atoms with Gasteiger partial charge in [0.2, 0.25) is 5.11 Å². The van der Waals surface area contributed by atoms with Gasteiger partial charge in [-0.1, -0.05) is 6.58 Å². The SMILES string of the molecule is C=CC(=O)NN(CC)C(=S)N=C(C)C. The van der Waals surface area contributed by atoms with Crippen LogP contribution in [0.4, 0.5) is 0 Å². The molecule has 1 amide bonds. The Kier molecular flexibility index (Phi) is 5.71. The Bertz CT molecular complexity index is 269. The van der Waals surface area contributed by atoms with Crippen molar-refractivity contribution in [1.82, 2.24) is 10.4 Å². The number of hydrogen-bond acceptors (Lipinski definition) is 2. The number of nitrogens with zero attached hydrogens (tertiary/aromatic N) is 2. The summed E-state index contributed by atoms with van der Waals surface area (Å²) in [7, 11) is 0. The van der Waals surface area contributed by atoms with Crippen molar-refractivity contribution in [3.8, 4) is 0 Å². The molecule has 0 saturated heterocycles. The first-order valence-corrected chi connectivity index (χ1v) is 4.68. The fraction of sp³-hybridized carbons (Fsp3) is 0.444. The third-order valence-corrected chi connectivity index (χ3v) is 1.61. The summed E-state index contributed by atoms with van der Waals surface area (Å²) in [4.78, 5) is 15.1. The molecule has 0 atom stereocenters. The van der Waals surface area contributed by atoms with Gasteiger partial charge in [0.1, 0.15) is 0 Å². The molecule has 0 rings (SSSR count). The molecule has 78 valence electrons. The van der Waals surface area contributed by atoms with Gasteiger partial charge in [-0.25, -0.2) is 4.99 Å². The van der Waals surface area contributed by atoms with Crippen LogP contribution in [0.15, 0.2) is 17.6 Å². The molecule has 5 heteroatoms. The third-order valence-electron chi connectivity index (χ3n) is 1.30. The van der Waals surface area contributed by atoms with E-state index in [0.717, 1.165) is 5.71 Å². The van der Waals surface area contributed by atoms with Crippen molar-refractivity contribution in [1.29, 1.82) is 0 Å². The van der Waals surface area contributed by atoms with Crippen LogP contribution in [0.2, 0.25) is 0 Å². The highest BCUT2D eigenvalue weighted by Gasteiger charge is 2.07. The average molecular weight is 213 g/mol. The maximum Gasteiger partial charge on any atom is 0.261 e. The monoisotopic (exact) mass is 213 g/mol. The van der Waals surface area contributed by atoms with Gasteiger partial charge in [-0.05, 0) is 39.1 Å². The summed E-state index contributed by atoms with van der Waals surface area (Å²) in [6.07, 6.45) is 1.19. The Morgan fingerprint density at radius 2 is 2.21 bits per heavy atom. The van der Waals surface area contributed by atoms with E-state index in [-0.39, 0.29) is 5.91 Å². The Hall–Kier alpha value is -1.23. The van der Waals surface area contributed by atoms with Gasteiger partial charge in [0, 0.05) is 12.3 Å². The maximum absolute atomic E-state index is 11.0. The van der Waals surface area contributed by atoms with E-state index in [4.69, 9.17) is 12.2 Å². The van der Waals surface area contributed by atoms with Crippen LogP contribution >= 0.6 is 12.2 Å². The summed E-state index contributed by atoms with van der Waals surface area (Å²) in [5.74, 6) is -0.293. The fourth-order valence-corrected chi connectivity index (χ4v) is 1.05. The minimum atomic E-state index is -0.293. The lowest BCUT2D eigenvalue weighted by molar-refractivity contribution is -0.119. The lowest BCUT2D eigenvalue weighted by Gasteiger charge is -2.20. The second-order valence-corrected chi connectivity index (χ2v) is 3.13. The number of rotatable bonds is 2. The molecule has 0 aromatic rings. The van der Waals surface area contributed by atoms with Crippen molar-refractivity contribution >= 4 is 28.9 Å². The molecule has 0 aromatic carbocycles. The van der Waals surface area contributed by atoms with E-state index >= 15 is 0 Å². The molecule has 0 spiro atoms. The molecule has 0 radical (unpaired) electrons. The summed E-state index contributed by atoms with van der Waals surface area (Å²) < 4.78 is 0. The first kappa shape index (κ1) is 12.8. The molecule has 4 nitrogen and oxygen atoms in total. The van der Waals surface area contributed by atoms with Crippen LogP contribution < -0.4 is 5.43 Å². The van der Waals surface area contributed by atoms with E-state index in [1.807, 2.05) is 20.8 Å². The number of aliphatic imine (C=N–C) groups is 1. The lowest BCUT2D eigenvalue weighted by atomic mass is 10.5. The Morgan fingerprint density at radius 1 is 1.64 bits per heavy atom. The van der Waals surface area contributed by atoms with Gasteiger partial charge in [0.15, 0.2) is 0 Å². The average Bonchev–Trinajstić information content (AvgIpc) is 2.12.